The molecule has 25 heavy (non-hydrogen) atoms. The molecule has 1 atom stereocenters. The highest BCUT2D eigenvalue weighted by Crippen LogP contribution is 2.48. The zero-order valence-corrected chi connectivity index (χ0v) is 20.0. The van der Waals surface area contributed by atoms with Crippen LogP contribution in [0.4, 0.5) is 0 Å². The zero-order valence-electron chi connectivity index (χ0n) is 18.3. The van der Waals surface area contributed by atoms with E-state index < -0.39 is 0 Å². The normalized spacial score (nSPS) is 18.0. The predicted molar refractivity (Wildman–Crippen MR) is 123 cm³/mol. The van der Waals surface area contributed by atoms with Gasteiger partial charge in [-0.15, -0.1) is 15.8 Å². The van der Waals surface area contributed by atoms with Crippen LogP contribution in [-0.2, 0) is 0 Å². The molecule has 0 saturated heterocycles. The average molecular weight is 383 g/mol. The largest absolute Gasteiger partial charge is 0.105 e. The Kier molecular flexibility index (Phi) is 11.2. The van der Waals surface area contributed by atoms with Crippen molar-refractivity contribution in [1.82, 2.24) is 0 Å². The van der Waals surface area contributed by atoms with Crippen LogP contribution in [0.1, 0.15) is 55.4 Å². The van der Waals surface area contributed by atoms with Crippen LogP contribution in [0.25, 0.3) is 0 Å². The number of allylic oxidation sites excluding steroid dienone is 4. The third-order valence-corrected chi connectivity index (χ3v) is 11.2. The molecule has 0 spiro atoms. The smallest absolute Gasteiger partial charge is 0.00258 e. The van der Waals surface area contributed by atoms with E-state index in [1.165, 1.54) is 37.0 Å². The van der Waals surface area contributed by atoms with Crippen molar-refractivity contribution < 1.29 is 0 Å². The van der Waals surface area contributed by atoms with E-state index in [0.29, 0.717) is 0 Å². The van der Waals surface area contributed by atoms with Crippen molar-refractivity contribution in [1.29, 1.82) is 0 Å². The molecule has 0 fully saturated rings. The number of hydrogen-bond donors (Lipinski definition) is 0. The summed E-state index contributed by atoms with van der Waals surface area (Å²) in [5.74, 6) is 4.14. The maximum absolute atomic E-state index is 2.52. The minimum Gasteiger partial charge on any atom is -0.105 e. The fraction of sp³-hybridized carbons (Fsp3) is 0.826. The molecular weight excluding hydrogens is 338 g/mol. The molecule has 2 heteroatoms. The summed E-state index contributed by atoms with van der Waals surface area (Å²) in [6.45, 7) is 19.2. The van der Waals surface area contributed by atoms with E-state index in [0.717, 1.165) is 29.6 Å². The highest BCUT2D eigenvalue weighted by molar-refractivity contribution is 7.58. The molecule has 0 N–H and O–H groups in total. The molecule has 0 amide bonds. The van der Waals surface area contributed by atoms with Crippen molar-refractivity contribution in [3.63, 3.8) is 0 Å². The highest BCUT2D eigenvalue weighted by Gasteiger charge is 2.24. The number of hydrogen-bond acceptors (Lipinski definition) is 0. The Morgan fingerprint density at radius 1 is 0.720 bits per heavy atom. The lowest BCUT2D eigenvalue weighted by Crippen LogP contribution is -2.14. The molecule has 0 nitrogen and oxygen atoms in total. The predicted octanol–water partition coefficient (Wildman–Crippen LogP) is 7.69. The van der Waals surface area contributed by atoms with Gasteiger partial charge in [0, 0.05) is 5.92 Å². The van der Waals surface area contributed by atoms with Crippen LogP contribution >= 0.6 is 15.8 Å². The summed E-state index contributed by atoms with van der Waals surface area (Å²) in [4.78, 5) is 0. The lowest BCUT2D eigenvalue weighted by atomic mass is 10.1. The van der Waals surface area contributed by atoms with E-state index in [4.69, 9.17) is 0 Å². The molecular formula is C23H44P2. The van der Waals surface area contributed by atoms with Crippen LogP contribution in [-0.4, -0.2) is 37.0 Å². The third-order valence-electron chi connectivity index (χ3n) is 4.48. The van der Waals surface area contributed by atoms with Gasteiger partial charge in [0.2, 0.25) is 0 Å². The monoisotopic (exact) mass is 382 g/mol. The van der Waals surface area contributed by atoms with Gasteiger partial charge in [-0.05, 0) is 60.6 Å². The fourth-order valence-corrected chi connectivity index (χ4v) is 10.7. The van der Waals surface area contributed by atoms with E-state index in [2.05, 4.69) is 73.6 Å². The Hall–Kier alpha value is 0.340. The maximum atomic E-state index is 2.52. The molecule has 0 saturated carbocycles. The van der Waals surface area contributed by atoms with Gasteiger partial charge in [-0.1, -0.05) is 79.2 Å². The van der Waals surface area contributed by atoms with E-state index >= 15 is 0 Å². The van der Waals surface area contributed by atoms with Gasteiger partial charge in [-0.2, -0.15) is 0 Å². The minimum absolute atomic E-state index is 0.163. The molecule has 0 aromatic heterocycles. The van der Waals surface area contributed by atoms with Gasteiger partial charge in [-0.25, -0.2) is 0 Å². The van der Waals surface area contributed by atoms with Gasteiger partial charge in [0.05, 0.1) is 0 Å². The van der Waals surface area contributed by atoms with Crippen molar-refractivity contribution in [2.45, 2.75) is 55.4 Å². The molecule has 0 aromatic rings. The number of rotatable bonds is 12. The Morgan fingerprint density at radius 3 is 1.60 bits per heavy atom. The van der Waals surface area contributed by atoms with Crippen LogP contribution in [0.3, 0.4) is 0 Å². The second kappa shape index (κ2) is 11.9. The molecule has 0 radical (unpaired) electrons. The van der Waals surface area contributed by atoms with Gasteiger partial charge in [0.1, 0.15) is 0 Å². The molecule has 1 aliphatic carbocycles. The van der Waals surface area contributed by atoms with Gasteiger partial charge < -0.3 is 0 Å². The SMILES string of the molecule is CC(C)CP(CC1=CC=CC1CP(CC(C)C)CC(C)C)CC(C)C. The summed E-state index contributed by atoms with van der Waals surface area (Å²) >= 11 is 0. The van der Waals surface area contributed by atoms with Gasteiger partial charge in [0.15, 0.2) is 0 Å². The summed E-state index contributed by atoms with van der Waals surface area (Å²) in [6.07, 6.45) is 16.0. The summed E-state index contributed by atoms with van der Waals surface area (Å²) in [5, 5.41) is 0. The lowest BCUT2D eigenvalue weighted by Gasteiger charge is -2.28. The van der Waals surface area contributed by atoms with Crippen LogP contribution in [0.2, 0.25) is 0 Å². The third kappa shape index (κ3) is 10.3. The van der Waals surface area contributed by atoms with Crippen LogP contribution in [0, 0.1) is 29.6 Å². The van der Waals surface area contributed by atoms with Crippen molar-refractivity contribution in [3.8, 4) is 0 Å². The molecule has 0 bridgehead atoms. The van der Waals surface area contributed by atoms with Crippen LogP contribution in [0.15, 0.2) is 23.8 Å². The topological polar surface area (TPSA) is 0 Å². The Bertz CT molecular complexity index is 398. The van der Waals surface area contributed by atoms with Crippen molar-refractivity contribution >= 4 is 15.8 Å². The zero-order chi connectivity index (χ0) is 19.0. The van der Waals surface area contributed by atoms with E-state index in [9.17, 15) is 0 Å². The molecule has 1 rings (SSSR count). The van der Waals surface area contributed by atoms with Gasteiger partial charge in [0.25, 0.3) is 0 Å². The Labute approximate surface area is 161 Å². The van der Waals surface area contributed by atoms with Crippen molar-refractivity contribution in [2.75, 3.05) is 37.0 Å². The van der Waals surface area contributed by atoms with Crippen molar-refractivity contribution in [2.24, 2.45) is 29.6 Å². The molecule has 146 valence electrons. The average Bonchev–Trinajstić information content (AvgIpc) is 2.82. The first kappa shape index (κ1) is 23.4. The van der Waals surface area contributed by atoms with Gasteiger partial charge in [-0.3, -0.25) is 0 Å². The first-order chi connectivity index (χ1) is 11.7. The second-order valence-corrected chi connectivity index (χ2v) is 14.5. The molecule has 0 heterocycles. The summed E-state index contributed by atoms with van der Waals surface area (Å²) in [7, 11) is 0.343. The molecule has 1 unspecified atom stereocenters. The quantitative estimate of drug-likeness (QED) is 0.304. The first-order valence-electron chi connectivity index (χ1n) is 10.5. The summed E-state index contributed by atoms with van der Waals surface area (Å²) in [5.41, 5.74) is 1.77. The molecule has 0 aliphatic heterocycles. The maximum Gasteiger partial charge on any atom is 0.00258 e. The van der Waals surface area contributed by atoms with Crippen LogP contribution < -0.4 is 0 Å². The van der Waals surface area contributed by atoms with E-state index in [1.807, 2.05) is 0 Å². The highest BCUT2D eigenvalue weighted by atomic mass is 31.1. The molecule has 0 aromatic carbocycles. The first-order valence-corrected chi connectivity index (χ1v) is 14.3. The summed E-state index contributed by atoms with van der Waals surface area (Å²) in [6, 6.07) is 0. The van der Waals surface area contributed by atoms with E-state index in [1.54, 1.807) is 5.57 Å². The van der Waals surface area contributed by atoms with E-state index in [-0.39, 0.29) is 15.8 Å². The molecule has 1 aliphatic rings. The lowest BCUT2D eigenvalue weighted by molar-refractivity contribution is 0.710. The van der Waals surface area contributed by atoms with Crippen LogP contribution in [0.5, 0.6) is 0 Å². The standard InChI is InChI=1S/C23H44P2/c1-18(2)12-24(13-19(3)4)16-22-10-9-11-23(22)17-25(14-20(5)6)15-21(7)8/h9-11,18-22H,12-17H2,1-8H3. The Morgan fingerprint density at radius 2 is 1.16 bits per heavy atom. The van der Waals surface area contributed by atoms with Gasteiger partial charge >= 0.3 is 0 Å². The fourth-order valence-electron chi connectivity index (χ4n) is 3.94. The second-order valence-electron chi connectivity index (χ2n) is 9.72. The summed E-state index contributed by atoms with van der Waals surface area (Å²) < 4.78 is 0. The minimum atomic E-state index is 0.163. The Balaban J connectivity index is 2.69. The van der Waals surface area contributed by atoms with Crippen molar-refractivity contribution in [3.05, 3.63) is 23.8 Å².